The number of aromatic nitrogens is 5. The normalized spacial score (nSPS) is 10.9. The monoisotopic (exact) mass is 690 g/mol. The lowest BCUT2D eigenvalue weighted by Gasteiger charge is -2.13. The minimum atomic E-state index is 0.564. The molecule has 252 valence electrons. The number of para-hydroxylation sites is 1. The molecule has 2 heterocycles. The summed E-state index contributed by atoms with van der Waals surface area (Å²) in [7, 11) is 0. The quantitative estimate of drug-likeness (QED) is 0.165. The Balaban J connectivity index is 1.12. The number of hydrogen-bond donors (Lipinski definition) is 0. The maximum atomic E-state index is 9.47. The second-order valence-corrected chi connectivity index (χ2v) is 12.8. The lowest BCUT2D eigenvalue weighted by Crippen LogP contribution is -2.00. The van der Waals surface area contributed by atoms with Gasteiger partial charge in [0.05, 0.1) is 22.8 Å². The van der Waals surface area contributed by atoms with Crippen LogP contribution in [0.4, 0.5) is 0 Å². The van der Waals surface area contributed by atoms with Gasteiger partial charge in [-0.1, -0.05) is 158 Å². The molecule has 0 aliphatic carbocycles. The largest absolute Gasteiger partial charge is 0.228 e. The minimum absolute atomic E-state index is 0.564. The summed E-state index contributed by atoms with van der Waals surface area (Å²) in [6.45, 7) is 0. The molecule has 0 fully saturated rings. The number of hydrogen-bond acceptors (Lipinski definition) is 6. The Kier molecular flexibility index (Phi) is 8.48. The highest BCUT2D eigenvalue weighted by molar-refractivity contribution is 5.94. The lowest BCUT2D eigenvalue weighted by atomic mass is 9.97. The van der Waals surface area contributed by atoms with E-state index in [0.717, 1.165) is 66.7 Å². The van der Waals surface area contributed by atoms with E-state index in [1.807, 2.05) is 115 Å². The summed E-state index contributed by atoms with van der Waals surface area (Å²) < 4.78 is 0. The number of nitriles is 1. The van der Waals surface area contributed by atoms with Crippen LogP contribution in [0, 0.1) is 11.3 Å². The lowest BCUT2D eigenvalue weighted by molar-refractivity contribution is 1.07. The molecule has 6 heteroatoms. The van der Waals surface area contributed by atoms with Gasteiger partial charge in [0, 0.05) is 33.2 Å². The fraction of sp³-hybridized carbons (Fsp3) is 0. The molecular formula is C48H30N6. The Labute approximate surface area is 312 Å². The highest BCUT2D eigenvalue weighted by atomic mass is 15.0. The molecule has 0 N–H and O–H groups in total. The molecule has 0 atom stereocenters. The van der Waals surface area contributed by atoms with Crippen molar-refractivity contribution in [1.82, 2.24) is 24.9 Å². The summed E-state index contributed by atoms with van der Waals surface area (Å²) in [4.78, 5) is 25.1. The average Bonchev–Trinajstić information content (AvgIpc) is 3.26. The summed E-state index contributed by atoms with van der Waals surface area (Å²) in [5.41, 5.74) is 11.0. The summed E-state index contributed by atoms with van der Waals surface area (Å²) in [6.07, 6.45) is 0. The van der Waals surface area contributed by atoms with Crippen LogP contribution < -0.4 is 0 Å². The van der Waals surface area contributed by atoms with Crippen LogP contribution in [0.5, 0.6) is 0 Å². The zero-order valence-corrected chi connectivity index (χ0v) is 29.0. The van der Waals surface area contributed by atoms with E-state index in [9.17, 15) is 5.26 Å². The van der Waals surface area contributed by atoms with E-state index >= 15 is 0 Å². The zero-order chi connectivity index (χ0) is 36.3. The van der Waals surface area contributed by atoms with Gasteiger partial charge < -0.3 is 0 Å². The van der Waals surface area contributed by atoms with E-state index in [1.165, 1.54) is 0 Å². The first-order valence-electron chi connectivity index (χ1n) is 17.6. The van der Waals surface area contributed by atoms with Crippen molar-refractivity contribution in [1.29, 1.82) is 5.26 Å². The summed E-state index contributed by atoms with van der Waals surface area (Å²) in [5.74, 6) is 2.39. The highest BCUT2D eigenvalue weighted by Gasteiger charge is 2.17. The van der Waals surface area contributed by atoms with Crippen molar-refractivity contribution in [2.45, 2.75) is 0 Å². The van der Waals surface area contributed by atoms with Crippen molar-refractivity contribution < 1.29 is 0 Å². The van der Waals surface area contributed by atoms with Gasteiger partial charge in [-0.25, -0.2) is 24.9 Å². The standard InChI is InChI=1S/C48H30N6/c49-31-32-13-11-18-37(29-32)38-19-12-20-39(30-38)47-53-45(35-16-5-2-6-17-35)52-46(54-47)36-27-25-33(26-28-36)40-21-7-8-22-41(40)48-50-43-24-10-9-23-42(43)44(51-48)34-14-3-1-4-15-34/h1-30H. The van der Waals surface area contributed by atoms with Gasteiger partial charge in [0.25, 0.3) is 0 Å². The van der Waals surface area contributed by atoms with Crippen molar-refractivity contribution in [2.75, 3.05) is 0 Å². The van der Waals surface area contributed by atoms with E-state index in [1.54, 1.807) is 6.07 Å². The van der Waals surface area contributed by atoms with Crippen molar-refractivity contribution in [2.24, 2.45) is 0 Å². The number of fused-ring (bicyclic) bond motifs is 1. The maximum absolute atomic E-state index is 9.47. The molecule has 54 heavy (non-hydrogen) atoms. The molecule has 0 spiro atoms. The third-order valence-electron chi connectivity index (χ3n) is 9.39. The molecule has 0 unspecified atom stereocenters. The molecule has 9 aromatic rings. The molecule has 0 amide bonds. The van der Waals surface area contributed by atoms with Crippen molar-refractivity contribution in [3.8, 4) is 85.1 Å². The van der Waals surface area contributed by atoms with Gasteiger partial charge in [-0.2, -0.15) is 5.26 Å². The van der Waals surface area contributed by atoms with Crippen LogP contribution in [0.1, 0.15) is 5.56 Å². The number of benzene rings is 7. The van der Waals surface area contributed by atoms with Crippen LogP contribution in [-0.2, 0) is 0 Å². The fourth-order valence-electron chi connectivity index (χ4n) is 6.70. The van der Waals surface area contributed by atoms with Crippen LogP contribution in [0.25, 0.3) is 90.0 Å². The molecule has 0 aliphatic heterocycles. The maximum Gasteiger partial charge on any atom is 0.164 e. The molecule has 0 aliphatic rings. The molecule has 9 rings (SSSR count). The predicted molar refractivity (Wildman–Crippen MR) is 216 cm³/mol. The molecule has 0 saturated carbocycles. The van der Waals surface area contributed by atoms with Gasteiger partial charge in [-0.3, -0.25) is 0 Å². The fourth-order valence-corrected chi connectivity index (χ4v) is 6.70. The summed E-state index contributed by atoms with van der Waals surface area (Å²) in [6, 6.07) is 62.9. The van der Waals surface area contributed by atoms with Gasteiger partial charge in [0.15, 0.2) is 23.3 Å². The Morgan fingerprint density at radius 3 is 1.57 bits per heavy atom. The SMILES string of the molecule is N#Cc1cccc(-c2cccc(-c3nc(-c4ccccc4)nc(-c4ccc(-c5ccccc5-c5nc(-c6ccccc6)c6ccccc6n5)cc4)n3)c2)c1. The van der Waals surface area contributed by atoms with Crippen LogP contribution >= 0.6 is 0 Å². The van der Waals surface area contributed by atoms with E-state index in [-0.39, 0.29) is 0 Å². The second kappa shape index (κ2) is 14.2. The molecule has 2 aromatic heterocycles. The van der Waals surface area contributed by atoms with Gasteiger partial charge in [0.1, 0.15) is 0 Å². The number of nitrogens with zero attached hydrogens (tertiary/aromatic N) is 6. The molecule has 0 radical (unpaired) electrons. The van der Waals surface area contributed by atoms with Crippen LogP contribution in [0.15, 0.2) is 182 Å². The van der Waals surface area contributed by atoms with Gasteiger partial charge in [-0.05, 0) is 46.5 Å². The summed E-state index contributed by atoms with van der Waals surface area (Å²) in [5, 5.41) is 10.5. The third-order valence-corrected chi connectivity index (χ3v) is 9.39. The molecule has 6 nitrogen and oxygen atoms in total. The Morgan fingerprint density at radius 1 is 0.333 bits per heavy atom. The van der Waals surface area contributed by atoms with Crippen LogP contribution in [0.3, 0.4) is 0 Å². The number of rotatable bonds is 7. The highest BCUT2D eigenvalue weighted by Crippen LogP contribution is 2.35. The Morgan fingerprint density at radius 2 is 0.852 bits per heavy atom. The second-order valence-electron chi connectivity index (χ2n) is 12.8. The van der Waals surface area contributed by atoms with Crippen LogP contribution in [-0.4, -0.2) is 24.9 Å². The van der Waals surface area contributed by atoms with Crippen molar-refractivity contribution in [3.05, 3.63) is 188 Å². The van der Waals surface area contributed by atoms with E-state index in [2.05, 4.69) is 66.7 Å². The summed E-state index contributed by atoms with van der Waals surface area (Å²) >= 11 is 0. The molecule has 7 aromatic carbocycles. The van der Waals surface area contributed by atoms with E-state index in [4.69, 9.17) is 24.9 Å². The van der Waals surface area contributed by atoms with Gasteiger partial charge in [0.2, 0.25) is 0 Å². The average molecular weight is 691 g/mol. The van der Waals surface area contributed by atoms with E-state index in [0.29, 0.717) is 28.9 Å². The zero-order valence-electron chi connectivity index (χ0n) is 29.0. The Bertz CT molecular complexity index is 2830. The first-order valence-corrected chi connectivity index (χ1v) is 17.6. The first kappa shape index (κ1) is 32.3. The topological polar surface area (TPSA) is 88.2 Å². The predicted octanol–water partition coefficient (Wildman–Crippen LogP) is 11.4. The van der Waals surface area contributed by atoms with Crippen molar-refractivity contribution >= 4 is 10.9 Å². The van der Waals surface area contributed by atoms with Crippen LogP contribution in [0.2, 0.25) is 0 Å². The van der Waals surface area contributed by atoms with Gasteiger partial charge >= 0.3 is 0 Å². The minimum Gasteiger partial charge on any atom is -0.228 e. The molecule has 0 bridgehead atoms. The Hall–Kier alpha value is -7.62. The smallest absolute Gasteiger partial charge is 0.164 e. The van der Waals surface area contributed by atoms with Crippen molar-refractivity contribution in [3.63, 3.8) is 0 Å². The molecule has 0 saturated heterocycles. The third kappa shape index (κ3) is 6.38. The first-order chi connectivity index (χ1) is 26.7. The van der Waals surface area contributed by atoms with E-state index < -0.39 is 0 Å². The molecular weight excluding hydrogens is 661 g/mol. The van der Waals surface area contributed by atoms with Gasteiger partial charge in [-0.15, -0.1) is 0 Å².